The van der Waals surface area contributed by atoms with Crippen LogP contribution in [0, 0.1) is 0 Å². The van der Waals surface area contributed by atoms with Crippen molar-refractivity contribution < 1.29 is 24.6 Å². The lowest BCUT2D eigenvalue weighted by molar-refractivity contribution is -0.308. The highest BCUT2D eigenvalue weighted by Crippen LogP contribution is 2.09. The van der Waals surface area contributed by atoms with Gasteiger partial charge in [-0.15, -0.1) is 0 Å². The predicted octanol–water partition coefficient (Wildman–Crippen LogP) is -0.957. The van der Waals surface area contributed by atoms with Gasteiger partial charge in [0.25, 0.3) is 0 Å². The van der Waals surface area contributed by atoms with E-state index in [0.717, 1.165) is 0 Å². The first-order valence-electron chi connectivity index (χ1n) is 6.02. The Labute approximate surface area is 125 Å². The second-order valence-corrected chi connectivity index (χ2v) is 5.10. The summed E-state index contributed by atoms with van der Waals surface area (Å²) in [5, 5.41) is 26.1. The lowest BCUT2D eigenvalue weighted by Gasteiger charge is -2.19. The third-order valence-corrected chi connectivity index (χ3v) is 3.22. The first kappa shape index (κ1) is 16.8. The van der Waals surface area contributed by atoms with Gasteiger partial charge in [0.1, 0.15) is 0 Å². The number of benzene rings is 1. The Bertz CT molecular complexity index is 518. The van der Waals surface area contributed by atoms with Crippen molar-refractivity contribution in [3.05, 3.63) is 29.8 Å². The third-order valence-electron chi connectivity index (χ3n) is 2.58. The Morgan fingerprint density at radius 3 is 2.29 bits per heavy atom. The van der Waals surface area contributed by atoms with Gasteiger partial charge in [0, 0.05) is 5.69 Å². The van der Waals surface area contributed by atoms with E-state index in [2.05, 4.69) is 10.6 Å². The number of nitrogens with one attached hydrogen (secondary N) is 2. The predicted molar refractivity (Wildman–Crippen MR) is 74.7 cm³/mol. The summed E-state index contributed by atoms with van der Waals surface area (Å²) in [5.41, 5.74) is 0.313. The van der Waals surface area contributed by atoms with Crippen molar-refractivity contribution in [3.63, 3.8) is 0 Å². The van der Waals surface area contributed by atoms with E-state index in [4.69, 9.17) is 0 Å². The molecule has 0 radical (unpaired) electrons. The average Bonchev–Trinajstić information content (AvgIpc) is 2.43. The van der Waals surface area contributed by atoms with Crippen molar-refractivity contribution in [2.45, 2.75) is 12.5 Å². The maximum atomic E-state index is 11.7. The van der Waals surface area contributed by atoms with Gasteiger partial charge in [-0.05, 0) is 36.1 Å². The fourth-order valence-corrected chi connectivity index (χ4v) is 1.97. The topological polar surface area (TPSA) is 121 Å². The van der Waals surface area contributed by atoms with E-state index in [9.17, 15) is 24.6 Å². The Morgan fingerprint density at radius 2 is 1.81 bits per heavy atom. The number of thioether (sulfide) groups is 1. The third kappa shape index (κ3) is 5.74. The highest BCUT2D eigenvalue weighted by molar-refractivity contribution is 7.98. The van der Waals surface area contributed by atoms with Crippen LogP contribution in [0.4, 0.5) is 10.5 Å². The number of anilines is 1. The highest BCUT2D eigenvalue weighted by Gasteiger charge is 2.13. The molecule has 21 heavy (non-hydrogen) atoms. The number of aromatic carboxylic acids is 1. The van der Waals surface area contributed by atoms with Crippen molar-refractivity contribution in [1.29, 1.82) is 0 Å². The van der Waals surface area contributed by atoms with E-state index in [1.54, 1.807) is 0 Å². The molecule has 7 nitrogen and oxygen atoms in total. The first-order chi connectivity index (χ1) is 9.93. The zero-order valence-electron chi connectivity index (χ0n) is 11.3. The van der Waals surface area contributed by atoms with Crippen LogP contribution in [0.1, 0.15) is 16.8 Å². The van der Waals surface area contributed by atoms with Gasteiger partial charge in [-0.2, -0.15) is 11.8 Å². The van der Waals surface area contributed by atoms with E-state index in [0.29, 0.717) is 11.4 Å². The van der Waals surface area contributed by atoms with Crippen LogP contribution in [0.2, 0.25) is 0 Å². The monoisotopic (exact) mass is 310 g/mol. The Balaban J connectivity index is 2.59. The van der Waals surface area contributed by atoms with Gasteiger partial charge < -0.3 is 30.4 Å². The van der Waals surface area contributed by atoms with Crippen LogP contribution < -0.4 is 20.8 Å². The zero-order valence-corrected chi connectivity index (χ0v) is 12.1. The molecule has 0 heterocycles. The van der Waals surface area contributed by atoms with Crippen LogP contribution in [-0.2, 0) is 4.79 Å². The number of aliphatic carboxylic acids is 1. The van der Waals surface area contributed by atoms with E-state index in [1.165, 1.54) is 36.0 Å². The molecule has 0 fully saturated rings. The molecule has 0 saturated carbocycles. The Morgan fingerprint density at radius 1 is 1.19 bits per heavy atom. The normalized spacial score (nSPS) is 11.5. The molecule has 0 aliphatic carbocycles. The molecular formula is C13H14N2O5S-2. The van der Waals surface area contributed by atoms with Gasteiger partial charge in [-0.1, -0.05) is 12.1 Å². The molecule has 0 saturated heterocycles. The summed E-state index contributed by atoms with van der Waals surface area (Å²) in [7, 11) is 0. The maximum absolute atomic E-state index is 11.7. The number of carboxylic acids is 2. The maximum Gasteiger partial charge on any atom is 0.319 e. The van der Waals surface area contributed by atoms with Gasteiger partial charge in [0.2, 0.25) is 0 Å². The van der Waals surface area contributed by atoms with Crippen molar-refractivity contribution >= 4 is 35.4 Å². The number of hydrogen-bond acceptors (Lipinski definition) is 6. The first-order valence-corrected chi connectivity index (χ1v) is 7.42. The number of urea groups is 1. The van der Waals surface area contributed by atoms with Gasteiger partial charge in [0.15, 0.2) is 0 Å². The lowest BCUT2D eigenvalue weighted by atomic mass is 10.2. The second kappa shape index (κ2) is 8.15. The van der Waals surface area contributed by atoms with E-state index in [1.807, 2.05) is 6.26 Å². The van der Waals surface area contributed by atoms with Crippen LogP contribution >= 0.6 is 11.8 Å². The largest absolute Gasteiger partial charge is 0.548 e. The molecule has 1 aromatic carbocycles. The van der Waals surface area contributed by atoms with Gasteiger partial charge in [-0.3, -0.25) is 0 Å². The van der Waals surface area contributed by atoms with Crippen molar-refractivity contribution in [1.82, 2.24) is 5.32 Å². The van der Waals surface area contributed by atoms with Crippen LogP contribution in [0.5, 0.6) is 0 Å². The summed E-state index contributed by atoms with van der Waals surface area (Å²) < 4.78 is 0. The Kier molecular flexibility index (Phi) is 6.54. The summed E-state index contributed by atoms with van der Waals surface area (Å²) in [6.07, 6.45) is 2.08. The lowest BCUT2D eigenvalue weighted by Crippen LogP contribution is -2.49. The molecule has 0 spiro atoms. The molecule has 0 aliphatic heterocycles. The van der Waals surface area contributed by atoms with Crippen LogP contribution in [-0.4, -0.2) is 36.0 Å². The number of carbonyl (C=O) groups is 3. The molecule has 0 bridgehead atoms. The molecule has 0 aliphatic rings. The van der Waals surface area contributed by atoms with Crippen molar-refractivity contribution in [2.24, 2.45) is 0 Å². The minimum Gasteiger partial charge on any atom is -0.548 e. The fraction of sp³-hybridized carbons (Fsp3) is 0.308. The molecule has 1 rings (SSSR count). The average molecular weight is 310 g/mol. The molecule has 2 amide bonds. The van der Waals surface area contributed by atoms with E-state index in [-0.39, 0.29) is 12.0 Å². The van der Waals surface area contributed by atoms with Crippen LogP contribution in [0.3, 0.4) is 0 Å². The number of carbonyl (C=O) groups excluding carboxylic acids is 3. The summed E-state index contributed by atoms with van der Waals surface area (Å²) in [6.45, 7) is 0. The van der Waals surface area contributed by atoms with Gasteiger partial charge in [0.05, 0.1) is 18.0 Å². The standard InChI is InChI=1S/C13H16N2O5S/c1-21-7-6-10(12(18)19)15-13(20)14-9-4-2-8(3-5-9)11(16)17/h2-5,10H,6-7H2,1H3,(H,16,17)(H,18,19)(H2,14,15,20)/p-2/t10-/m0/s1. The summed E-state index contributed by atoms with van der Waals surface area (Å²) in [4.78, 5) is 33.1. The minimum atomic E-state index is -1.36. The molecule has 1 aromatic rings. The van der Waals surface area contributed by atoms with E-state index < -0.39 is 24.0 Å². The van der Waals surface area contributed by atoms with Crippen LogP contribution in [0.25, 0.3) is 0 Å². The number of hydrogen-bond donors (Lipinski definition) is 2. The number of amides is 2. The van der Waals surface area contributed by atoms with Gasteiger partial charge >= 0.3 is 6.03 Å². The van der Waals surface area contributed by atoms with Gasteiger partial charge in [-0.25, -0.2) is 4.79 Å². The zero-order chi connectivity index (χ0) is 15.8. The smallest absolute Gasteiger partial charge is 0.319 e. The fourth-order valence-electron chi connectivity index (χ4n) is 1.50. The molecule has 0 aromatic heterocycles. The van der Waals surface area contributed by atoms with E-state index >= 15 is 0 Å². The van der Waals surface area contributed by atoms with Crippen molar-refractivity contribution in [2.75, 3.05) is 17.3 Å². The number of carboxylic acid groups (broad SMARTS) is 2. The Hall–Kier alpha value is -2.22. The van der Waals surface area contributed by atoms with Crippen LogP contribution in [0.15, 0.2) is 24.3 Å². The summed E-state index contributed by atoms with van der Waals surface area (Å²) in [5.74, 6) is -2.11. The minimum absolute atomic E-state index is 0.0199. The molecule has 1 atom stereocenters. The van der Waals surface area contributed by atoms with Crippen molar-refractivity contribution in [3.8, 4) is 0 Å². The summed E-state index contributed by atoms with van der Waals surface area (Å²) in [6, 6.07) is 3.51. The molecule has 114 valence electrons. The quantitative estimate of drug-likeness (QED) is 0.669. The molecule has 2 N–H and O–H groups in total. The molecular weight excluding hydrogens is 296 g/mol. The second-order valence-electron chi connectivity index (χ2n) is 4.12. The summed E-state index contributed by atoms with van der Waals surface area (Å²) >= 11 is 1.46. The number of rotatable bonds is 7. The SMILES string of the molecule is CSCC[C@H](NC(=O)Nc1ccc(C(=O)[O-])cc1)C(=O)[O-]. The molecule has 0 unspecified atom stereocenters. The molecule has 8 heteroatoms. The highest BCUT2D eigenvalue weighted by atomic mass is 32.2.